The molecule has 0 radical (unpaired) electrons. The largest absolute Gasteiger partial charge is 0.451 e. The number of likely N-dealkylation sites (tertiary alicyclic amines) is 1. The Morgan fingerprint density at radius 1 is 1.22 bits per heavy atom. The van der Waals surface area contributed by atoms with Crippen LogP contribution in [0.15, 0.2) is 35.2 Å². The van der Waals surface area contributed by atoms with Gasteiger partial charge in [-0.25, -0.2) is 8.42 Å². The van der Waals surface area contributed by atoms with Gasteiger partial charge in [0.2, 0.25) is 10.0 Å². The Labute approximate surface area is 161 Å². The zero-order chi connectivity index (χ0) is 20.0. The molecule has 0 bridgehead atoms. The van der Waals surface area contributed by atoms with E-state index in [1.165, 1.54) is 26.0 Å². The van der Waals surface area contributed by atoms with Gasteiger partial charge < -0.3 is 9.64 Å². The highest BCUT2D eigenvalue weighted by Gasteiger charge is 2.32. The Hall–Kier alpha value is -1.93. The van der Waals surface area contributed by atoms with Crippen LogP contribution in [-0.4, -0.2) is 49.9 Å². The number of carbonyl (C=O) groups is 2. The van der Waals surface area contributed by atoms with Crippen molar-refractivity contribution in [1.82, 2.24) is 9.62 Å². The van der Waals surface area contributed by atoms with E-state index in [9.17, 15) is 18.0 Å². The Morgan fingerprint density at radius 2 is 1.89 bits per heavy atom. The first-order valence-electron chi connectivity index (χ1n) is 9.34. The number of hydrogen-bond donors (Lipinski definition) is 1. The summed E-state index contributed by atoms with van der Waals surface area (Å²) >= 11 is 0. The van der Waals surface area contributed by atoms with Crippen LogP contribution in [0.3, 0.4) is 0 Å². The minimum absolute atomic E-state index is 0.0629. The number of sulfonamides is 1. The van der Waals surface area contributed by atoms with E-state index in [-0.39, 0.29) is 16.8 Å². The van der Waals surface area contributed by atoms with Crippen LogP contribution in [0, 0.1) is 0 Å². The molecule has 1 fully saturated rings. The lowest BCUT2D eigenvalue weighted by Crippen LogP contribution is -2.49. The Kier molecular flexibility index (Phi) is 7.38. The molecular weight excluding hydrogens is 368 g/mol. The highest BCUT2D eigenvalue weighted by Crippen LogP contribution is 2.21. The number of amides is 1. The molecule has 0 aliphatic carbocycles. The van der Waals surface area contributed by atoms with Crippen LogP contribution in [0.25, 0.3) is 0 Å². The fourth-order valence-electron chi connectivity index (χ4n) is 3.22. The van der Waals surface area contributed by atoms with Crippen molar-refractivity contribution in [1.29, 1.82) is 0 Å². The second-order valence-corrected chi connectivity index (χ2v) is 8.54. The predicted molar refractivity (Wildman–Crippen MR) is 101 cm³/mol. The van der Waals surface area contributed by atoms with Gasteiger partial charge >= 0.3 is 5.97 Å². The molecule has 1 aliphatic heterocycles. The SMILES string of the molecule is CCC1CCCCN1C(=O)C(C)OC(=O)[C@H](C)NS(=O)(=O)c1ccccc1. The number of nitrogens with one attached hydrogen (secondary N) is 1. The summed E-state index contributed by atoms with van der Waals surface area (Å²) in [5.74, 6) is -1.01. The van der Waals surface area contributed by atoms with E-state index in [0.29, 0.717) is 6.54 Å². The average molecular weight is 397 g/mol. The second-order valence-electron chi connectivity index (χ2n) is 6.82. The molecule has 1 amide bonds. The van der Waals surface area contributed by atoms with Crippen molar-refractivity contribution >= 4 is 21.9 Å². The zero-order valence-corrected chi connectivity index (χ0v) is 16.9. The van der Waals surface area contributed by atoms with E-state index in [4.69, 9.17) is 4.74 Å². The highest BCUT2D eigenvalue weighted by atomic mass is 32.2. The van der Waals surface area contributed by atoms with E-state index in [1.54, 1.807) is 23.1 Å². The summed E-state index contributed by atoms with van der Waals surface area (Å²) in [6, 6.07) is 6.84. The van der Waals surface area contributed by atoms with Gasteiger partial charge in [0.05, 0.1) is 4.90 Å². The van der Waals surface area contributed by atoms with Crippen LogP contribution in [0.5, 0.6) is 0 Å². The van der Waals surface area contributed by atoms with Crippen molar-refractivity contribution in [2.45, 2.75) is 69.5 Å². The molecule has 3 atom stereocenters. The van der Waals surface area contributed by atoms with Crippen LogP contribution in [0.2, 0.25) is 0 Å². The molecule has 1 N–H and O–H groups in total. The number of hydrogen-bond acceptors (Lipinski definition) is 5. The molecule has 1 aliphatic rings. The lowest BCUT2D eigenvalue weighted by Gasteiger charge is -2.36. The summed E-state index contributed by atoms with van der Waals surface area (Å²) < 4.78 is 32.1. The van der Waals surface area contributed by atoms with E-state index in [2.05, 4.69) is 4.72 Å². The van der Waals surface area contributed by atoms with Gasteiger partial charge in [-0.1, -0.05) is 25.1 Å². The Bertz CT molecular complexity index is 751. The van der Waals surface area contributed by atoms with Crippen LogP contribution >= 0.6 is 0 Å². The molecule has 1 saturated heterocycles. The number of piperidine rings is 1. The Balaban J connectivity index is 1.96. The van der Waals surface area contributed by atoms with E-state index < -0.39 is 28.1 Å². The number of benzene rings is 1. The fourth-order valence-corrected chi connectivity index (χ4v) is 4.44. The van der Waals surface area contributed by atoms with Crippen molar-refractivity contribution in [3.05, 3.63) is 30.3 Å². The van der Waals surface area contributed by atoms with Crippen LogP contribution < -0.4 is 4.72 Å². The number of rotatable bonds is 7. The third-order valence-electron chi connectivity index (χ3n) is 4.76. The molecule has 1 heterocycles. The van der Waals surface area contributed by atoms with Gasteiger partial charge in [0, 0.05) is 12.6 Å². The number of esters is 1. The van der Waals surface area contributed by atoms with E-state index >= 15 is 0 Å². The zero-order valence-electron chi connectivity index (χ0n) is 16.1. The maximum absolute atomic E-state index is 12.6. The van der Waals surface area contributed by atoms with Gasteiger partial charge in [-0.15, -0.1) is 0 Å². The molecule has 150 valence electrons. The number of carbonyl (C=O) groups excluding carboxylic acids is 2. The minimum atomic E-state index is -3.84. The van der Waals surface area contributed by atoms with Gasteiger partial charge in [0.1, 0.15) is 6.04 Å². The first-order chi connectivity index (χ1) is 12.8. The normalized spacial score (nSPS) is 20.0. The second kappa shape index (κ2) is 9.32. The molecule has 2 rings (SSSR count). The molecule has 1 aromatic rings. The Morgan fingerprint density at radius 3 is 2.52 bits per heavy atom. The topological polar surface area (TPSA) is 92.8 Å². The molecule has 2 unspecified atom stereocenters. The summed E-state index contributed by atoms with van der Waals surface area (Å²) in [5, 5.41) is 0. The van der Waals surface area contributed by atoms with Gasteiger partial charge in [-0.3, -0.25) is 9.59 Å². The molecule has 7 nitrogen and oxygen atoms in total. The van der Waals surface area contributed by atoms with Gasteiger partial charge in [0.15, 0.2) is 6.10 Å². The molecule has 8 heteroatoms. The first-order valence-corrected chi connectivity index (χ1v) is 10.8. The maximum atomic E-state index is 12.6. The third-order valence-corrected chi connectivity index (χ3v) is 6.32. The maximum Gasteiger partial charge on any atom is 0.324 e. The van der Waals surface area contributed by atoms with Crippen molar-refractivity contribution in [2.75, 3.05) is 6.54 Å². The van der Waals surface area contributed by atoms with Gasteiger partial charge in [-0.2, -0.15) is 4.72 Å². The fraction of sp³-hybridized carbons (Fsp3) is 0.579. The standard InChI is InChI=1S/C19H28N2O5S/c1-4-16-10-8-9-13-21(16)18(22)15(3)26-19(23)14(2)20-27(24,25)17-11-6-5-7-12-17/h5-7,11-12,14-16,20H,4,8-10,13H2,1-3H3/t14-,15?,16?/m0/s1. The minimum Gasteiger partial charge on any atom is -0.451 e. The van der Waals surface area contributed by atoms with Gasteiger partial charge in [0.25, 0.3) is 5.91 Å². The van der Waals surface area contributed by atoms with Crippen LogP contribution in [-0.2, 0) is 24.3 Å². The van der Waals surface area contributed by atoms with Crippen molar-refractivity contribution in [3.63, 3.8) is 0 Å². The third kappa shape index (κ3) is 5.52. The molecule has 0 aromatic heterocycles. The highest BCUT2D eigenvalue weighted by molar-refractivity contribution is 7.89. The molecule has 0 spiro atoms. The van der Waals surface area contributed by atoms with Crippen molar-refractivity contribution in [2.24, 2.45) is 0 Å². The van der Waals surface area contributed by atoms with E-state index in [0.717, 1.165) is 25.7 Å². The summed E-state index contributed by atoms with van der Waals surface area (Å²) in [6.45, 7) is 5.62. The summed E-state index contributed by atoms with van der Waals surface area (Å²) in [6.07, 6.45) is 2.90. The van der Waals surface area contributed by atoms with Crippen LogP contribution in [0.1, 0.15) is 46.5 Å². The van der Waals surface area contributed by atoms with Crippen LogP contribution in [0.4, 0.5) is 0 Å². The molecule has 27 heavy (non-hydrogen) atoms. The molecule has 1 aromatic carbocycles. The lowest BCUT2D eigenvalue weighted by molar-refractivity contribution is -0.161. The first kappa shape index (κ1) is 21.4. The van der Waals surface area contributed by atoms with E-state index in [1.807, 2.05) is 6.92 Å². The van der Waals surface area contributed by atoms with Crippen molar-refractivity contribution < 1.29 is 22.7 Å². The number of nitrogens with zero attached hydrogens (tertiary/aromatic N) is 1. The number of ether oxygens (including phenoxy) is 1. The average Bonchev–Trinajstić information content (AvgIpc) is 2.67. The quantitative estimate of drug-likeness (QED) is 0.712. The monoisotopic (exact) mass is 396 g/mol. The summed E-state index contributed by atoms with van der Waals surface area (Å²) in [4.78, 5) is 26.8. The lowest BCUT2D eigenvalue weighted by atomic mass is 9.99. The summed E-state index contributed by atoms with van der Waals surface area (Å²) in [5.41, 5.74) is 0. The smallest absolute Gasteiger partial charge is 0.324 e. The predicted octanol–water partition coefficient (Wildman–Crippen LogP) is 2.08. The summed E-state index contributed by atoms with van der Waals surface area (Å²) in [7, 11) is -3.84. The molecule has 0 saturated carbocycles. The molecular formula is C19H28N2O5S. The van der Waals surface area contributed by atoms with Gasteiger partial charge in [-0.05, 0) is 51.7 Å². The van der Waals surface area contributed by atoms with Crippen molar-refractivity contribution in [3.8, 4) is 0 Å².